The summed E-state index contributed by atoms with van der Waals surface area (Å²) in [6, 6.07) is -0.871. The predicted octanol–water partition coefficient (Wildman–Crippen LogP) is 0.323. The summed E-state index contributed by atoms with van der Waals surface area (Å²) in [4.78, 5) is 53.2. The van der Waals surface area contributed by atoms with Crippen LogP contribution < -0.4 is 10.6 Å². The molecule has 6 atom stereocenters. The number of fused-ring (bicyclic) bond motifs is 1. The highest BCUT2D eigenvalue weighted by molar-refractivity contribution is 8.03. The van der Waals surface area contributed by atoms with Gasteiger partial charge in [-0.15, -0.1) is 11.8 Å². The van der Waals surface area contributed by atoms with E-state index in [-0.39, 0.29) is 52.7 Å². The van der Waals surface area contributed by atoms with Crippen LogP contribution in [-0.4, -0.2) is 93.1 Å². The van der Waals surface area contributed by atoms with Gasteiger partial charge < -0.3 is 25.5 Å². The molecule has 3 saturated heterocycles. The van der Waals surface area contributed by atoms with Crippen molar-refractivity contribution in [3.63, 3.8) is 0 Å². The van der Waals surface area contributed by atoms with Crippen molar-refractivity contribution in [3.8, 4) is 0 Å². The molecule has 3 amide bonds. The summed E-state index contributed by atoms with van der Waals surface area (Å²) in [6.07, 6.45) is 0.639. The van der Waals surface area contributed by atoms with E-state index in [2.05, 4.69) is 10.6 Å². The van der Waals surface area contributed by atoms with Gasteiger partial charge in [0, 0.05) is 60.2 Å². The van der Waals surface area contributed by atoms with Gasteiger partial charge in [-0.25, -0.2) is 4.79 Å². The number of carbonyl (C=O) groups excluding carboxylic acids is 3. The summed E-state index contributed by atoms with van der Waals surface area (Å²) in [5.74, 6) is -0.0901. The third-order valence-electron chi connectivity index (χ3n) is 6.77. The number of β-lactam (4-membered cyclic amide) rings is 1. The minimum Gasteiger partial charge on any atom is -0.477 e. The lowest BCUT2D eigenvalue weighted by Crippen LogP contribution is -2.66. The molecule has 4 aliphatic rings. The maximum atomic E-state index is 12.8. The van der Waals surface area contributed by atoms with Gasteiger partial charge in [0.1, 0.15) is 5.70 Å². The highest BCUT2D eigenvalue weighted by atomic mass is 32.2. The highest BCUT2D eigenvalue weighted by Gasteiger charge is 2.60. The second kappa shape index (κ2) is 9.26. The first-order valence-electron chi connectivity index (χ1n) is 11.0. The SMILES string of the molecule is CC(=O)N[C@H](C)[C@H]1C(=O)N2C(C(=O)O)=C(S[C@@H]3CN[C@H](C(=O)N4CCSCC4)C3)[C@H](C)[C@H]12. The summed E-state index contributed by atoms with van der Waals surface area (Å²) in [5.41, 5.74) is 0.0617. The van der Waals surface area contributed by atoms with Gasteiger partial charge in [-0.3, -0.25) is 14.4 Å². The lowest BCUT2D eigenvalue weighted by atomic mass is 9.78. The fourth-order valence-electron chi connectivity index (χ4n) is 5.27. The van der Waals surface area contributed by atoms with Crippen molar-refractivity contribution in [2.24, 2.45) is 11.8 Å². The van der Waals surface area contributed by atoms with Crippen LogP contribution in [0.4, 0.5) is 0 Å². The van der Waals surface area contributed by atoms with Crippen LogP contribution in [0.25, 0.3) is 0 Å². The van der Waals surface area contributed by atoms with Crippen molar-refractivity contribution in [2.45, 2.75) is 50.6 Å². The van der Waals surface area contributed by atoms with Crippen molar-refractivity contribution in [1.82, 2.24) is 20.4 Å². The van der Waals surface area contributed by atoms with Gasteiger partial charge in [0.05, 0.1) is 18.0 Å². The lowest BCUT2D eigenvalue weighted by molar-refractivity contribution is -0.158. The first-order valence-corrected chi connectivity index (χ1v) is 13.1. The Balaban J connectivity index is 1.45. The molecule has 4 rings (SSSR count). The quantitative estimate of drug-likeness (QED) is 0.463. The molecule has 0 unspecified atom stereocenters. The van der Waals surface area contributed by atoms with Gasteiger partial charge in [-0.05, 0) is 13.3 Å². The van der Waals surface area contributed by atoms with E-state index in [1.807, 2.05) is 23.6 Å². The van der Waals surface area contributed by atoms with E-state index in [1.165, 1.54) is 23.6 Å². The number of hydrogen-bond donors (Lipinski definition) is 3. The normalized spacial score (nSPS) is 33.1. The zero-order chi connectivity index (χ0) is 23.2. The molecule has 0 radical (unpaired) electrons. The average Bonchev–Trinajstić information content (AvgIpc) is 3.30. The Bertz CT molecular complexity index is 859. The van der Waals surface area contributed by atoms with Crippen LogP contribution >= 0.6 is 23.5 Å². The minimum atomic E-state index is -1.11. The van der Waals surface area contributed by atoms with E-state index in [0.717, 1.165) is 24.6 Å². The Labute approximate surface area is 196 Å². The number of rotatable bonds is 6. The van der Waals surface area contributed by atoms with Crippen LogP contribution in [0.3, 0.4) is 0 Å². The number of thioether (sulfide) groups is 2. The van der Waals surface area contributed by atoms with Gasteiger partial charge >= 0.3 is 5.97 Å². The Morgan fingerprint density at radius 2 is 1.97 bits per heavy atom. The number of hydrogen-bond acceptors (Lipinski definition) is 7. The molecule has 11 heteroatoms. The van der Waals surface area contributed by atoms with Crippen molar-refractivity contribution in [1.29, 1.82) is 0 Å². The van der Waals surface area contributed by atoms with E-state index in [0.29, 0.717) is 17.9 Å². The summed E-state index contributed by atoms with van der Waals surface area (Å²) >= 11 is 3.34. The molecule has 176 valence electrons. The van der Waals surface area contributed by atoms with Gasteiger partial charge in [-0.2, -0.15) is 11.8 Å². The second-order valence-corrected chi connectivity index (χ2v) is 11.5. The molecule has 4 aliphatic heterocycles. The maximum absolute atomic E-state index is 12.8. The standard InChI is InChI=1S/C21H30N4O5S2/c1-10-16-15(11(2)23-12(3)26)20(28)25(16)17(21(29)30)18(10)32-13-8-14(22-9-13)19(27)24-4-6-31-7-5-24/h10-11,13-16,22H,4-9H2,1-3H3,(H,23,26)(H,29,30)/t10-,11-,13+,14+,15-,16-/m1/s1. The van der Waals surface area contributed by atoms with E-state index >= 15 is 0 Å². The Morgan fingerprint density at radius 3 is 2.59 bits per heavy atom. The minimum absolute atomic E-state index is 0.0617. The van der Waals surface area contributed by atoms with Crippen LogP contribution in [0, 0.1) is 11.8 Å². The molecule has 4 heterocycles. The molecule has 32 heavy (non-hydrogen) atoms. The van der Waals surface area contributed by atoms with Gasteiger partial charge in [-0.1, -0.05) is 6.92 Å². The molecule has 0 aromatic heterocycles. The number of nitrogens with zero attached hydrogens (tertiary/aromatic N) is 2. The molecule has 0 spiro atoms. The monoisotopic (exact) mass is 482 g/mol. The molecule has 3 N–H and O–H groups in total. The lowest BCUT2D eigenvalue weighted by Gasteiger charge is -2.47. The average molecular weight is 483 g/mol. The molecule has 0 aromatic carbocycles. The van der Waals surface area contributed by atoms with Crippen molar-refractivity contribution >= 4 is 47.2 Å². The molecular formula is C21H30N4O5S2. The number of carbonyl (C=O) groups is 4. The van der Waals surface area contributed by atoms with Gasteiger partial charge in [0.25, 0.3) is 0 Å². The number of carboxylic acid groups (broad SMARTS) is 1. The second-order valence-electron chi connectivity index (χ2n) is 8.89. The van der Waals surface area contributed by atoms with Crippen LogP contribution in [0.15, 0.2) is 10.6 Å². The predicted molar refractivity (Wildman–Crippen MR) is 123 cm³/mol. The Kier molecular flexibility index (Phi) is 6.78. The number of amides is 3. The fraction of sp³-hybridized carbons (Fsp3) is 0.714. The summed E-state index contributed by atoms with van der Waals surface area (Å²) < 4.78 is 0. The largest absolute Gasteiger partial charge is 0.477 e. The van der Waals surface area contributed by atoms with Gasteiger partial charge in [0.15, 0.2) is 0 Å². The highest BCUT2D eigenvalue weighted by Crippen LogP contribution is 2.51. The fourth-order valence-corrected chi connectivity index (χ4v) is 7.65. The molecule has 0 saturated carbocycles. The molecular weight excluding hydrogens is 452 g/mol. The topological polar surface area (TPSA) is 119 Å². The number of nitrogens with one attached hydrogen (secondary N) is 2. The van der Waals surface area contributed by atoms with E-state index in [9.17, 15) is 24.3 Å². The van der Waals surface area contributed by atoms with Crippen molar-refractivity contribution < 1.29 is 24.3 Å². The van der Waals surface area contributed by atoms with Crippen LogP contribution in [0.1, 0.15) is 27.2 Å². The Morgan fingerprint density at radius 1 is 1.28 bits per heavy atom. The van der Waals surface area contributed by atoms with Gasteiger partial charge in [0.2, 0.25) is 17.7 Å². The van der Waals surface area contributed by atoms with Crippen LogP contribution in [0.2, 0.25) is 0 Å². The van der Waals surface area contributed by atoms with E-state index in [1.54, 1.807) is 6.92 Å². The first-order chi connectivity index (χ1) is 15.2. The zero-order valence-electron chi connectivity index (χ0n) is 18.5. The third-order valence-corrected chi connectivity index (χ3v) is 9.22. The van der Waals surface area contributed by atoms with Crippen LogP contribution in [0.5, 0.6) is 0 Å². The van der Waals surface area contributed by atoms with Crippen molar-refractivity contribution in [3.05, 3.63) is 10.6 Å². The smallest absolute Gasteiger partial charge is 0.353 e. The van der Waals surface area contributed by atoms with Crippen LogP contribution in [-0.2, 0) is 19.2 Å². The molecule has 0 bridgehead atoms. The maximum Gasteiger partial charge on any atom is 0.353 e. The first kappa shape index (κ1) is 23.4. The summed E-state index contributed by atoms with van der Waals surface area (Å²) in [6.45, 7) is 7.32. The van der Waals surface area contributed by atoms with E-state index < -0.39 is 11.9 Å². The molecule has 0 aromatic rings. The van der Waals surface area contributed by atoms with E-state index in [4.69, 9.17) is 0 Å². The molecule has 0 aliphatic carbocycles. The number of aliphatic carboxylic acids is 1. The zero-order valence-corrected chi connectivity index (χ0v) is 20.1. The summed E-state index contributed by atoms with van der Waals surface area (Å²) in [7, 11) is 0. The summed E-state index contributed by atoms with van der Waals surface area (Å²) in [5, 5.41) is 16.0. The molecule has 3 fully saturated rings. The Hall–Kier alpha value is -1.72. The number of carboxylic acids is 1. The third kappa shape index (κ3) is 4.14. The van der Waals surface area contributed by atoms with Crippen molar-refractivity contribution in [2.75, 3.05) is 31.1 Å². The molecule has 9 nitrogen and oxygen atoms in total.